The molecule has 0 saturated heterocycles. The van der Waals surface area contributed by atoms with E-state index in [1.807, 2.05) is 13.8 Å². The van der Waals surface area contributed by atoms with E-state index in [2.05, 4.69) is 24.3 Å². The second-order valence-electron chi connectivity index (χ2n) is 11.8. The van der Waals surface area contributed by atoms with E-state index >= 15 is 0 Å². The number of sulfonamides is 2. The van der Waals surface area contributed by atoms with Crippen molar-refractivity contribution in [3.05, 3.63) is 0 Å². The second-order valence-corrected chi connectivity index (χ2v) is 16.6. The quantitative estimate of drug-likeness (QED) is 0.0703. The highest BCUT2D eigenvalue weighted by Gasteiger charge is 2.57. The van der Waals surface area contributed by atoms with Crippen molar-refractivity contribution in [2.24, 2.45) is 0 Å². The van der Waals surface area contributed by atoms with Crippen LogP contribution in [-0.4, -0.2) is 55.7 Å². The maximum Gasteiger partial charge on any atom is 0.235 e. The van der Waals surface area contributed by atoms with E-state index in [9.17, 15) is 16.8 Å². The summed E-state index contributed by atoms with van der Waals surface area (Å²) >= 11 is 0. The van der Waals surface area contributed by atoms with Gasteiger partial charge >= 0.3 is 0 Å². The van der Waals surface area contributed by atoms with Crippen LogP contribution in [0, 0.1) is 45.3 Å². The van der Waals surface area contributed by atoms with Crippen LogP contribution in [-0.2, 0) is 20.0 Å². The SMILES string of the molecule is CCCCC(CCCC)(S(=O)(=O)N(CCCCCC#N)CCCCCC#N)S(=O)(=O)N(CCCCCC#N)CCCCCC#N. The van der Waals surface area contributed by atoms with E-state index in [4.69, 9.17) is 21.0 Å². The van der Waals surface area contributed by atoms with E-state index in [0.29, 0.717) is 128 Å². The van der Waals surface area contributed by atoms with Crippen LogP contribution in [0.1, 0.15) is 155 Å². The third-order valence-electron chi connectivity index (χ3n) is 8.23. The van der Waals surface area contributed by atoms with Crippen LogP contribution < -0.4 is 0 Å². The molecule has 256 valence electrons. The van der Waals surface area contributed by atoms with Crippen molar-refractivity contribution in [2.45, 2.75) is 159 Å². The molecule has 0 aromatic rings. The summed E-state index contributed by atoms with van der Waals surface area (Å²) < 4.78 is 60.5. The summed E-state index contributed by atoms with van der Waals surface area (Å²) in [5.74, 6) is 0. The van der Waals surface area contributed by atoms with Crippen LogP contribution in [0.2, 0.25) is 0 Å². The molecule has 12 heteroatoms. The number of hydrogen-bond acceptors (Lipinski definition) is 8. The van der Waals surface area contributed by atoms with Crippen molar-refractivity contribution in [3.63, 3.8) is 0 Å². The van der Waals surface area contributed by atoms with E-state index in [1.165, 1.54) is 8.61 Å². The molecule has 0 saturated carbocycles. The molecule has 0 aromatic heterocycles. The van der Waals surface area contributed by atoms with Gasteiger partial charge in [-0.2, -0.15) is 21.0 Å². The van der Waals surface area contributed by atoms with Gasteiger partial charge in [-0.05, 0) is 64.2 Å². The van der Waals surface area contributed by atoms with Crippen molar-refractivity contribution in [2.75, 3.05) is 26.2 Å². The van der Waals surface area contributed by atoms with Gasteiger partial charge in [-0.15, -0.1) is 0 Å². The average molecular weight is 667 g/mol. The lowest BCUT2D eigenvalue weighted by molar-refractivity contribution is 0.345. The Labute approximate surface area is 275 Å². The van der Waals surface area contributed by atoms with Gasteiger partial charge in [0.25, 0.3) is 0 Å². The van der Waals surface area contributed by atoms with Crippen LogP contribution >= 0.6 is 0 Å². The van der Waals surface area contributed by atoms with Crippen molar-refractivity contribution in [1.29, 1.82) is 21.0 Å². The van der Waals surface area contributed by atoms with E-state index < -0.39 is 24.1 Å². The Morgan fingerprint density at radius 3 is 0.933 bits per heavy atom. The normalized spacial score (nSPS) is 12.1. The summed E-state index contributed by atoms with van der Waals surface area (Å²) in [6, 6.07) is 8.50. The van der Waals surface area contributed by atoms with Gasteiger partial charge in [0.1, 0.15) is 0 Å². The molecule has 0 aliphatic heterocycles. The molecule has 0 heterocycles. The Hall–Kier alpha value is -2.22. The van der Waals surface area contributed by atoms with E-state index in [-0.39, 0.29) is 39.0 Å². The summed E-state index contributed by atoms with van der Waals surface area (Å²) in [5, 5.41) is 35.7. The number of nitrogens with zero attached hydrogens (tertiary/aromatic N) is 6. The summed E-state index contributed by atoms with van der Waals surface area (Å²) in [7, 11) is -8.70. The summed E-state index contributed by atoms with van der Waals surface area (Å²) in [5.41, 5.74) is 0. The molecule has 0 N–H and O–H groups in total. The number of unbranched alkanes of at least 4 members (excludes halogenated alkanes) is 14. The first-order valence-electron chi connectivity index (χ1n) is 17.1. The Bertz CT molecular complexity index is 1020. The Kier molecular flexibility index (Phi) is 24.6. The third-order valence-corrected chi connectivity index (χ3v) is 14.3. The third kappa shape index (κ3) is 15.3. The van der Waals surface area contributed by atoms with Crippen LogP contribution in [0.3, 0.4) is 0 Å². The Morgan fingerprint density at radius 1 is 0.444 bits per heavy atom. The van der Waals surface area contributed by atoms with Crippen molar-refractivity contribution < 1.29 is 16.8 Å². The van der Waals surface area contributed by atoms with Gasteiger partial charge in [-0.1, -0.05) is 65.2 Å². The van der Waals surface area contributed by atoms with E-state index in [0.717, 1.165) is 0 Å². The predicted molar refractivity (Wildman–Crippen MR) is 179 cm³/mol. The first-order valence-corrected chi connectivity index (χ1v) is 20.0. The van der Waals surface area contributed by atoms with Gasteiger partial charge in [-0.25, -0.2) is 25.4 Å². The van der Waals surface area contributed by atoms with Crippen LogP contribution in [0.25, 0.3) is 0 Å². The topological polar surface area (TPSA) is 170 Å². The monoisotopic (exact) mass is 666 g/mol. The molecule has 0 aromatic carbocycles. The molecule has 0 atom stereocenters. The largest absolute Gasteiger partial charge is 0.235 e. The van der Waals surface area contributed by atoms with Gasteiger partial charge in [0.2, 0.25) is 24.1 Å². The van der Waals surface area contributed by atoms with Crippen LogP contribution in [0.5, 0.6) is 0 Å². The predicted octanol–water partition coefficient (Wildman–Crippen LogP) is 7.66. The molecule has 0 fully saturated rings. The second kappa shape index (κ2) is 25.9. The molecule has 0 radical (unpaired) electrons. The molecule has 10 nitrogen and oxygen atoms in total. The van der Waals surface area contributed by atoms with Crippen molar-refractivity contribution >= 4 is 20.0 Å². The first kappa shape index (κ1) is 42.8. The molecule has 0 bridgehead atoms. The minimum absolute atomic E-state index is 0.0207. The number of nitriles is 4. The van der Waals surface area contributed by atoms with Crippen molar-refractivity contribution in [3.8, 4) is 24.3 Å². The Balaban J connectivity index is 6.77. The van der Waals surface area contributed by atoms with Crippen LogP contribution in [0.4, 0.5) is 0 Å². The van der Waals surface area contributed by atoms with Crippen LogP contribution in [0.15, 0.2) is 0 Å². The maximum absolute atomic E-state index is 14.9. The highest BCUT2D eigenvalue weighted by atomic mass is 32.3. The summed E-state index contributed by atoms with van der Waals surface area (Å²) in [6.45, 7) is 4.67. The lowest BCUT2D eigenvalue weighted by Crippen LogP contribution is -2.58. The summed E-state index contributed by atoms with van der Waals surface area (Å²) in [6.07, 6.45) is 11.3. The number of hydrogen-bond donors (Lipinski definition) is 0. The fourth-order valence-electron chi connectivity index (χ4n) is 5.52. The molecule has 0 rings (SSSR count). The molecule has 0 aliphatic rings. The zero-order valence-electron chi connectivity index (χ0n) is 28.0. The minimum atomic E-state index is -4.35. The molecule has 0 aliphatic carbocycles. The average Bonchev–Trinajstić information content (AvgIpc) is 3.02. The van der Waals surface area contributed by atoms with E-state index in [1.54, 1.807) is 0 Å². The van der Waals surface area contributed by atoms with Crippen molar-refractivity contribution in [1.82, 2.24) is 8.61 Å². The zero-order chi connectivity index (χ0) is 33.9. The molecule has 0 amide bonds. The maximum atomic E-state index is 14.9. The van der Waals surface area contributed by atoms with Gasteiger partial charge in [0.05, 0.1) is 24.3 Å². The zero-order valence-corrected chi connectivity index (χ0v) is 29.7. The van der Waals surface area contributed by atoms with Gasteiger partial charge in [0.15, 0.2) is 0 Å². The van der Waals surface area contributed by atoms with Gasteiger partial charge in [-0.3, -0.25) is 0 Å². The lowest BCUT2D eigenvalue weighted by Gasteiger charge is -2.41. The first-order chi connectivity index (χ1) is 21.7. The number of rotatable bonds is 30. The molecule has 45 heavy (non-hydrogen) atoms. The lowest BCUT2D eigenvalue weighted by atomic mass is 10.1. The highest BCUT2D eigenvalue weighted by Crippen LogP contribution is 2.41. The smallest absolute Gasteiger partial charge is 0.210 e. The fraction of sp³-hybridized carbons (Fsp3) is 0.879. The fourth-order valence-corrected chi connectivity index (χ4v) is 11.2. The molecule has 0 unspecified atom stereocenters. The standard InChI is InChI=1S/C33H58N6O4S2/c1-3-5-23-33(24-6-4-2,44(40,41)38(29-19-11-7-15-25-34)30-20-12-8-16-26-35)45(42,43)39(31-21-13-9-17-27-36)32-22-14-10-18-28-37/h3-24,29-32H2,1-2H3. The summed E-state index contributed by atoms with van der Waals surface area (Å²) in [4.78, 5) is 0. The Morgan fingerprint density at radius 2 is 0.711 bits per heavy atom. The molecular weight excluding hydrogens is 609 g/mol. The molecular formula is C33H58N6O4S2. The minimum Gasteiger partial charge on any atom is -0.210 e. The van der Waals surface area contributed by atoms with Gasteiger partial charge in [0, 0.05) is 51.9 Å². The van der Waals surface area contributed by atoms with Gasteiger partial charge < -0.3 is 0 Å². The molecule has 0 spiro atoms. The highest BCUT2D eigenvalue weighted by molar-refractivity contribution is 8.08.